The van der Waals surface area contributed by atoms with Crippen LogP contribution in [0.1, 0.15) is 31.4 Å². The summed E-state index contributed by atoms with van der Waals surface area (Å²) in [5.74, 6) is 0.420. The molecule has 0 unspecified atom stereocenters. The number of benzene rings is 2. The van der Waals surface area contributed by atoms with Crippen LogP contribution in [0.3, 0.4) is 0 Å². The highest BCUT2D eigenvalue weighted by Crippen LogP contribution is 2.20. The molecule has 3 rings (SSSR count). The summed E-state index contributed by atoms with van der Waals surface area (Å²) >= 11 is 0. The monoisotopic (exact) mass is 334 g/mol. The van der Waals surface area contributed by atoms with Crippen molar-refractivity contribution in [2.45, 2.75) is 34.1 Å². The highest BCUT2D eigenvalue weighted by Gasteiger charge is 2.14. The molecule has 0 spiro atoms. The SMILES string of the molecule is CC/C(C)=N\Nc1nc2ccccc2c(=O)n1-c1ccc(C)cc1C. The number of hydrogen-bond donors (Lipinski definition) is 1. The highest BCUT2D eigenvalue weighted by molar-refractivity contribution is 5.83. The molecule has 1 N–H and O–H groups in total. The van der Waals surface area contributed by atoms with Gasteiger partial charge >= 0.3 is 0 Å². The van der Waals surface area contributed by atoms with E-state index < -0.39 is 0 Å². The summed E-state index contributed by atoms with van der Waals surface area (Å²) in [4.78, 5) is 17.8. The summed E-state index contributed by atoms with van der Waals surface area (Å²) in [5, 5.41) is 4.93. The highest BCUT2D eigenvalue weighted by atomic mass is 16.1. The van der Waals surface area contributed by atoms with E-state index in [1.165, 1.54) is 0 Å². The first kappa shape index (κ1) is 16.9. The number of anilines is 1. The van der Waals surface area contributed by atoms with Crippen LogP contribution in [0.4, 0.5) is 5.95 Å². The fourth-order valence-corrected chi connectivity index (χ4v) is 2.71. The summed E-state index contributed by atoms with van der Waals surface area (Å²) in [6, 6.07) is 13.4. The molecule has 1 heterocycles. The zero-order valence-corrected chi connectivity index (χ0v) is 15.0. The van der Waals surface area contributed by atoms with Crippen molar-refractivity contribution in [1.82, 2.24) is 9.55 Å². The molecule has 0 fully saturated rings. The minimum atomic E-state index is -0.107. The van der Waals surface area contributed by atoms with Crippen LogP contribution < -0.4 is 11.0 Å². The van der Waals surface area contributed by atoms with Crippen molar-refractivity contribution < 1.29 is 0 Å². The molecule has 5 nitrogen and oxygen atoms in total. The summed E-state index contributed by atoms with van der Waals surface area (Å²) in [7, 11) is 0. The van der Waals surface area contributed by atoms with Crippen LogP contribution in [0.5, 0.6) is 0 Å². The molecule has 0 radical (unpaired) electrons. The Balaban J connectivity index is 2.30. The lowest BCUT2D eigenvalue weighted by Crippen LogP contribution is -2.23. The van der Waals surface area contributed by atoms with Gasteiger partial charge in [0.05, 0.1) is 16.6 Å². The third-order valence-corrected chi connectivity index (χ3v) is 4.23. The standard InChI is InChI=1S/C20H22N4O/c1-5-15(4)22-23-20-21-17-9-7-6-8-16(17)19(25)24(20)18-11-10-13(2)12-14(18)3/h6-12H,5H2,1-4H3,(H,21,23)/b22-15-. The van der Waals surface area contributed by atoms with Crippen LogP contribution in [0.15, 0.2) is 52.4 Å². The summed E-state index contributed by atoms with van der Waals surface area (Å²) < 4.78 is 1.60. The zero-order chi connectivity index (χ0) is 18.0. The van der Waals surface area contributed by atoms with Gasteiger partial charge in [0.2, 0.25) is 5.95 Å². The van der Waals surface area contributed by atoms with E-state index in [-0.39, 0.29) is 5.56 Å². The van der Waals surface area contributed by atoms with E-state index >= 15 is 0 Å². The lowest BCUT2D eigenvalue weighted by atomic mass is 10.1. The molecule has 3 aromatic rings. The van der Waals surface area contributed by atoms with Crippen LogP contribution in [0.2, 0.25) is 0 Å². The van der Waals surface area contributed by atoms with E-state index in [0.29, 0.717) is 16.9 Å². The predicted molar refractivity (Wildman–Crippen MR) is 104 cm³/mol. The van der Waals surface area contributed by atoms with Crippen molar-refractivity contribution in [2.75, 3.05) is 5.43 Å². The maximum absolute atomic E-state index is 13.1. The normalized spacial score (nSPS) is 11.8. The summed E-state index contributed by atoms with van der Waals surface area (Å²) in [5.41, 5.74) is 7.43. The average Bonchev–Trinajstić information content (AvgIpc) is 2.61. The van der Waals surface area contributed by atoms with Crippen LogP contribution in [-0.4, -0.2) is 15.3 Å². The minimum Gasteiger partial charge on any atom is -0.268 e. The molecule has 0 atom stereocenters. The fourth-order valence-electron chi connectivity index (χ4n) is 2.71. The Labute approximate surface area is 147 Å². The molecule has 25 heavy (non-hydrogen) atoms. The third-order valence-electron chi connectivity index (χ3n) is 4.23. The van der Waals surface area contributed by atoms with Gasteiger partial charge in [0.15, 0.2) is 0 Å². The second-order valence-electron chi connectivity index (χ2n) is 6.20. The zero-order valence-electron chi connectivity index (χ0n) is 15.0. The largest absolute Gasteiger partial charge is 0.268 e. The van der Waals surface area contributed by atoms with E-state index in [4.69, 9.17) is 0 Å². The second-order valence-corrected chi connectivity index (χ2v) is 6.20. The van der Waals surface area contributed by atoms with Crippen molar-refractivity contribution in [3.05, 3.63) is 63.9 Å². The fraction of sp³-hybridized carbons (Fsp3) is 0.250. The van der Waals surface area contributed by atoms with Gasteiger partial charge in [-0.25, -0.2) is 15.0 Å². The number of aryl methyl sites for hydroxylation is 2. The number of rotatable bonds is 4. The lowest BCUT2D eigenvalue weighted by molar-refractivity contribution is 0.943. The van der Waals surface area contributed by atoms with E-state index in [1.54, 1.807) is 10.6 Å². The lowest BCUT2D eigenvalue weighted by Gasteiger charge is -2.15. The topological polar surface area (TPSA) is 59.3 Å². The van der Waals surface area contributed by atoms with Gasteiger partial charge < -0.3 is 0 Å². The molecule has 5 heteroatoms. The Morgan fingerprint density at radius 3 is 2.68 bits per heavy atom. The molecule has 0 bridgehead atoms. The molecule has 0 saturated heterocycles. The van der Waals surface area contributed by atoms with Crippen molar-refractivity contribution in [1.29, 1.82) is 0 Å². The van der Waals surface area contributed by atoms with E-state index in [2.05, 4.69) is 21.6 Å². The van der Waals surface area contributed by atoms with E-state index in [1.807, 2.05) is 58.0 Å². The predicted octanol–water partition coefficient (Wildman–Crippen LogP) is 4.20. The number of hydrazone groups is 1. The Bertz CT molecular complexity index is 1020. The van der Waals surface area contributed by atoms with E-state index in [9.17, 15) is 4.79 Å². The summed E-state index contributed by atoms with van der Waals surface area (Å²) in [6.07, 6.45) is 0.828. The molecule has 1 aromatic heterocycles. The number of aromatic nitrogens is 2. The van der Waals surface area contributed by atoms with Crippen LogP contribution in [0.25, 0.3) is 16.6 Å². The molecule has 0 aliphatic carbocycles. The third kappa shape index (κ3) is 3.31. The number of nitrogens with zero attached hydrogens (tertiary/aromatic N) is 3. The van der Waals surface area contributed by atoms with Gasteiger partial charge in [-0.2, -0.15) is 5.10 Å². The molecule has 128 valence electrons. The number of hydrogen-bond acceptors (Lipinski definition) is 4. The maximum atomic E-state index is 13.1. The molecular weight excluding hydrogens is 312 g/mol. The first-order valence-electron chi connectivity index (χ1n) is 8.40. The van der Waals surface area contributed by atoms with Crippen molar-refractivity contribution in [3.63, 3.8) is 0 Å². The van der Waals surface area contributed by atoms with Crippen LogP contribution in [-0.2, 0) is 0 Å². The van der Waals surface area contributed by atoms with E-state index in [0.717, 1.165) is 28.9 Å². The van der Waals surface area contributed by atoms with Gasteiger partial charge in [-0.3, -0.25) is 4.79 Å². The molecular formula is C20H22N4O. The average molecular weight is 334 g/mol. The van der Waals surface area contributed by atoms with Gasteiger partial charge in [-0.1, -0.05) is 36.8 Å². The van der Waals surface area contributed by atoms with Crippen molar-refractivity contribution in [3.8, 4) is 5.69 Å². The Hall–Kier alpha value is -2.95. The molecule has 2 aromatic carbocycles. The summed E-state index contributed by atoms with van der Waals surface area (Å²) in [6.45, 7) is 8.00. The first-order chi connectivity index (χ1) is 12.0. The van der Waals surface area contributed by atoms with Gasteiger partial charge in [0.25, 0.3) is 5.56 Å². The molecule has 0 aliphatic rings. The number of fused-ring (bicyclic) bond motifs is 1. The Kier molecular flexibility index (Phi) is 4.65. The number of nitrogens with one attached hydrogen (secondary N) is 1. The van der Waals surface area contributed by atoms with Gasteiger partial charge in [0, 0.05) is 5.71 Å². The van der Waals surface area contributed by atoms with Crippen molar-refractivity contribution >= 4 is 22.6 Å². The molecule has 0 saturated carbocycles. The Morgan fingerprint density at radius 2 is 1.96 bits per heavy atom. The molecule has 0 aliphatic heterocycles. The second kappa shape index (κ2) is 6.89. The molecule has 0 amide bonds. The van der Waals surface area contributed by atoms with Gasteiger partial charge in [-0.15, -0.1) is 0 Å². The Morgan fingerprint density at radius 1 is 1.20 bits per heavy atom. The quantitative estimate of drug-likeness (QED) is 0.574. The smallest absolute Gasteiger partial charge is 0.267 e. The number of para-hydroxylation sites is 1. The van der Waals surface area contributed by atoms with Gasteiger partial charge in [-0.05, 0) is 51.0 Å². The maximum Gasteiger partial charge on any atom is 0.267 e. The van der Waals surface area contributed by atoms with Crippen molar-refractivity contribution in [2.24, 2.45) is 5.10 Å². The minimum absolute atomic E-state index is 0.107. The van der Waals surface area contributed by atoms with Gasteiger partial charge in [0.1, 0.15) is 0 Å². The van der Waals surface area contributed by atoms with Crippen LogP contribution in [0, 0.1) is 13.8 Å². The first-order valence-corrected chi connectivity index (χ1v) is 8.40. The van der Waals surface area contributed by atoms with Crippen LogP contribution >= 0.6 is 0 Å².